The number of benzene rings is 1. The molecule has 19 heavy (non-hydrogen) atoms. The molecule has 0 aliphatic rings. The Bertz CT molecular complexity index is 590. The zero-order valence-corrected chi connectivity index (χ0v) is 12.8. The molecule has 1 aromatic carbocycles. The minimum atomic E-state index is 0.100. The van der Waals surface area contributed by atoms with Gasteiger partial charge in [0, 0.05) is 13.0 Å². The summed E-state index contributed by atoms with van der Waals surface area (Å²) >= 11 is 3.41. The van der Waals surface area contributed by atoms with E-state index in [0.29, 0.717) is 12.1 Å². The first-order valence-electron chi connectivity index (χ1n) is 6.42. The maximum absolute atomic E-state index is 12.4. The Morgan fingerprint density at radius 2 is 2.21 bits per heavy atom. The van der Waals surface area contributed by atoms with E-state index in [0.717, 1.165) is 23.0 Å². The molecule has 0 spiro atoms. The number of aromatic nitrogens is 2. The van der Waals surface area contributed by atoms with Gasteiger partial charge in [0.05, 0.1) is 10.7 Å². The first kappa shape index (κ1) is 14.0. The van der Waals surface area contributed by atoms with Gasteiger partial charge in [0.2, 0.25) is 0 Å². The normalized spacial score (nSPS) is 10.7. The van der Waals surface area contributed by atoms with Crippen LogP contribution in [0.15, 0.2) is 34.9 Å². The topological polar surface area (TPSA) is 34.9 Å². The first-order valence-corrected chi connectivity index (χ1v) is 7.21. The summed E-state index contributed by atoms with van der Waals surface area (Å²) in [6, 6.07) is 8.05. The molecule has 0 radical (unpaired) electrons. The van der Waals surface area contributed by atoms with E-state index in [1.165, 1.54) is 5.56 Å². The van der Waals surface area contributed by atoms with Crippen molar-refractivity contribution in [3.05, 3.63) is 51.8 Å². The summed E-state index contributed by atoms with van der Waals surface area (Å²) in [5.41, 5.74) is 2.89. The molecule has 0 saturated carbocycles. The molecule has 0 aliphatic carbocycles. The highest BCUT2D eigenvalue weighted by molar-refractivity contribution is 9.10. The molecule has 0 bridgehead atoms. The van der Waals surface area contributed by atoms with Crippen LogP contribution in [-0.4, -0.2) is 15.6 Å². The lowest BCUT2D eigenvalue weighted by Gasteiger charge is -2.06. The average molecular weight is 321 g/mol. The van der Waals surface area contributed by atoms with Gasteiger partial charge in [-0.25, -0.2) is 0 Å². The van der Waals surface area contributed by atoms with Crippen LogP contribution in [0.1, 0.15) is 35.0 Å². The number of carbonyl (C=O) groups excluding carboxylic acids is 1. The van der Waals surface area contributed by atoms with Gasteiger partial charge < -0.3 is 0 Å². The van der Waals surface area contributed by atoms with Gasteiger partial charge in [-0.05, 0) is 34.8 Å². The molecule has 0 unspecified atom stereocenters. The van der Waals surface area contributed by atoms with Crippen molar-refractivity contribution in [2.45, 2.75) is 33.2 Å². The maximum atomic E-state index is 12.4. The number of nitrogens with zero attached hydrogens (tertiary/aromatic N) is 2. The van der Waals surface area contributed by atoms with Gasteiger partial charge in [-0.2, -0.15) is 5.10 Å². The third-order valence-electron chi connectivity index (χ3n) is 2.94. The monoisotopic (exact) mass is 320 g/mol. The van der Waals surface area contributed by atoms with E-state index in [4.69, 9.17) is 0 Å². The molecule has 0 amide bonds. The molecule has 4 heteroatoms. The van der Waals surface area contributed by atoms with E-state index >= 15 is 0 Å². The van der Waals surface area contributed by atoms with E-state index in [9.17, 15) is 4.79 Å². The van der Waals surface area contributed by atoms with Gasteiger partial charge in [-0.3, -0.25) is 9.48 Å². The molecule has 0 N–H and O–H groups in total. The summed E-state index contributed by atoms with van der Waals surface area (Å²) < 4.78 is 2.56. The number of Topliss-reactive ketones (excluding diaryl/α,β-unsaturated/α-hetero) is 1. The lowest BCUT2D eigenvalue weighted by atomic mass is 10.0. The Morgan fingerprint density at radius 3 is 2.89 bits per heavy atom. The van der Waals surface area contributed by atoms with E-state index < -0.39 is 0 Å². The van der Waals surface area contributed by atoms with E-state index in [-0.39, 0.29) is 5.78 Å². The molecular weight excluding hydrogens is 304 g/mol. The SMILES string of the molecule is CCCn1ncc(Br)c1C(=O)Cc1cccc(C)c1. The van der Waals surface area contributed by atoms with Crippen molar-refractivity contribution in [1.29, 1.82) is 0 Å². The molecule has 2 aromatic rings. The Hall–Kier alpha value is -1.42. The second-order valence-electron chi connectivity index (χ2n) is 4.65. The molecule has 3 nitrogen and oxygen atoms in total. The average Bonchev–Trinajstić information content (AvgIpc) is 2.71. The van der Waals surface area contributed by atoms with Crippen molar-refractivity contribution in [2.75, 3.05) is 0 Å². The van der Waals surface area contributed by atoms with Crippen molar-refractivity contribution < 1.29 is 4.79 Å². The number of carbonyl (C=O) groups is 1. The van der Waals surface area contributed by atoms with Crippen LogP contribution in [0, 0.1) is 6.92 Å². The fourth-order valence-corrected chi connectivity index (χ4v) is 2.63. The molecule has 0 fully saturated rings. The van der Waals surface area contributed by atoms with Crippen molar-refractivity contribution in [2.24, 2.45) is 0 Å². The second-order valence-corrected chi connectivity index (χ2v) is 5.51. The highest BCUT2D eigenvalue weighted by Gasteiger charge is 2.17. The van der Waals surface area contributed by atoms with Crippen LogP contribution in [0.5, 0.6) is 0 Å². The van der Waals surface area contributed by atoms with Crippen LogP contribution in [0.3, 0.4) is 0 Å². The largest absolute Gasteiger partial charge is 0.292 e. The summed E-state index contributed by atoms with van der Waals surface area (Å²) in [6.45, 7) is 4.87. The predicted octanol–water partition coefficient (Wildman–Crippen LogP) is 3.79. The molecule has 0 aliphatic heterocycles. The Labute approximate surface area is 121 Å². The van der Waals surface area contributed by atoms with Crippen LogP contribution in [0.2, 0.25) is 0 Å². The fraction of sp³-hybridized carbons (Fsp3) is 0.333. The highest BCUT2D eigenvalue weighted by Crippen LogP contribution is 2.19. The van der Waals surface area contributed by atoms with Crippen molar-refractivity contribution in [1.82, 2.24) is 9.78 Å². The number of halogens is 1. The van der Waals surface area contributed by atoms with Crippen LogP contribution < -0.4 is 0 Å². The third-order valence-corrected chi connectivity index (χ3v) is 3.52. The molecule has 1 heterocycles. The maximum Gasteiger partial charge on any atom is 0.186 e. The summed E-state index contributed by atoms with van der Waals surface area (Å²) in [6.07, 6.45) is 3.06. The molecule has 2 rings (SSSR count). The van der Waals surface area contributed by atoms with Crippen molar-refractivity contribution in [3.8, 4) is 0 Å². The van der Waals surface area contributed by atoms with E-state index in [1.54, 1.807) is 10.9 Å². The van der Waals surface area contributed by atoms with E-state index in [1.807, 2.05) is 31.2 Å². The van der Waals surface area contributed by atoms with Crippen LogP contribution in [0.25, 0.3) is 0 Å². The van der Waals surface area contributed by atoms with Crippen LogP contribution in [0.4, 0.5) is 0 Å². The minimum Gasteiger partial charge on any atom is -0.292 e. The summed E-state index contributed by atoms with van der Waals surface area (Å²) in [5.74, 6) is 0.100. The Kier molecular flexibility index (Phi) is 4.53. The van der Waals surface area contributed by atoms with Gasteiger partial charge >= 0.3 is 0 Å². The van der Waals surface area contributed by atoms with Crippen molar-refractivity contribution in [3.63, 3.8) is 0 Å². The number of hydrogen-bond acceptors (Lipinski definition) is 2. The fourth-order valence-electron chi connectivity index (χ4n) is 2.11. The number of rotatable bonds is 5. The quantitative estimate of drug-likeness (QED) is 0.785. The second kappa shape index (κ2) is 6.15. The Balaban J connectivity index is 2.22. The zero-order valence-electron chi connectivity index (χ0n) is 11.2. The smallest absolute Gasteiger partial charge is 0.186 e. The molecule has 1 aromatic heterocycles. The van der Waals surface area contributed by atoms with Gasteiger partial charge in [0.1, 0.15) is 5.69 Å². The zero-order chi connectivity index (χ0) is 13.8. The van der Waals surface area contributed by atoms with Crippen molar-refractivity contribution >= 4 is 21.7 Å². The predicted molar refractivity (Wildman–Crippen MR) is 79.4 cm³/mol. The minimum absolute atomic E-state index is 0.100. The molecule has 0 saturated heterocycles. The third kappa shape index (κ3) is 3.32. The standard InChI is InChI=1S/C15H17BrN2O/c1-3-7-18-15(13(16)10-17-18)14(19)9-12-6-4-5-11(2)8-12/h4-6,8,10H,3,7,9H2,1-2H3. The number of hydrogen-bond donors (Lipinski definition) is 0. The van der Waals surface area contributed by atoms with Gasteiger partial charge in [0.25, 0.3) is 0 Å². The van der Waals surface area contributed by atoms with Gasteiger partial charge in [0.15, 0.2) is 5.78 Å². The van der Waals surface area contributed by atoms with Crippen LogP contribution >= 0.6 is 15.9 Å². The van der Waals surface area contributed by atoms with Gasteiger partial charge in [-0.1, -0.05) is 36.8 Å². The number of aryl methyl sites for hydroxylation is 2. The molecular formula is C15H17BrN2O. The summed E-state index contributed by atoms with van der Waals surface area (Å²) in [7, 11) is 0. The lowest BCUT2D eigenvalue weighted by molar-refractivity contribution is 0.0981. The highest BCUT2D eigenvalue weighted by atomic mass is 79.9. The number of ketones is 1. The summed E-state index contributed by atoms with van der Waals surface area (Å²) in [5, 5.41) is 4.23. The van der Waals surface area contributed by atoms with Crippen LogP contribution in [-0.2, 0) is 13.0 Å². The summed E-state index contributed by atoms with van der Waals surface area (Å²) in [4.78, 5) is 12.4. The van der Waals surface area contributed by atoms with E-state index in [2.05, 4.69) is 28.0 Å². The lowest BCUT2D eigenvalue weighted by Crippen LogP contribution is -2.13. The molecule has 0 atom stereocenters. The van der Waals surface area contributed by atoms with Gasteiger partial charge in [-0.15, -0.1) is 0 Å². The first-order chi connectivity index (χ1) is 9.11. The Morgan fingerprint density at radius 1 is 1.42 bits per heavy atom. The molecule has 100 valence electrons.